The van der Waals surface area contributed by atoms with Crippen molar-refractivity contribution in [2.45, 2.75) is 19.4 Å². The Balaban J connectivity index is 2.12. The fourth-order valence-corrected chi connectivity index (χ4v) is 2.24. The Morgan fingerprint density at radius 3 is 2.57 bits per heavy atom. The molecule has 0 saturated carbocycles. The second kappa shape index (κ2) is 8.43. The molecule has 1 atom stereocenters. The average Bonchev–Trinajstić information content (AvgIpc) is 2.57. The Hall–Kier alpha value is -2.21. The van der Waals surface area contributed by atoms with E-state index in [0.29, 0.717) is 11.4 Å². The van der Waals surface area contributed by atoms with Gasteiger partial charge in [-0.2, -0.15) is 0 Å². The van der Waals surface area contributed by atoms with Gasteiger partial charge in [0.05, 0.1) is 6.61 Å². The number of ketones is 1. The molecular formula is C17H17BrN2O3. The molecule has 0 fully saturated rings. The number of Topliss-reactive ketones (excluding diaryl/α,β-unsaturated/α-hetero) is 1. The minimum atomic E-state index is -0.781. The summed E-state index contributed by atoms with van der Waals surface area (Å²) in [5, 5.41) is 2.96. The average molecular weight is 377 g/mol. The van der Waals surface area contributed by atoms with Crippen LogP contribution in [0.1, 0.15) is 23.7 Å². The Morgan fingerprint density at radius 2 is 1.96 bits per heavy atom. The second-order valence-corrected chi connectivity index (χ2v) is 5.72. The van der Waals surface area contributed by atoms with Gasteiger partial charge in [0.15, 0.2) is 5.78 Å². The summed E-state index contributed by atoms with van der Waals surface area (Å²) in [6.07, 6.45) is 1.62. The molecule has 23 heavy (non-hydrogen) atoms. The predicted octanol–water partition coefficient (Wildman–Crippen LogP) is 3.46. The number of esters is 1. The molecule has 0 aliphatic rings. The fourth-order valence-electron chi connectivity index (χ4n) is 2.00. The standard InChI is InChI=1S/C17H17BrN2O3/c1-2-23-17(22)14(20-16-9-8-13(18)11-19-16)10-15(21)12-6-4-3-5-7-12/h3-9,11,14H,2,10H2,1H3,(H,19,20). The van der Waals surface area contributed by atoms with Gasteiger partial charge in [-0.3, -0.25) is 4.79 Å². The number of ether oxygens (including phenoxy) is 1. The topological polar surface area (TPSA) is 68.3 Å². The lowest BCUT2D eigenvalue weighted by Crippen LogP contribution is -2.34. The van der Waals surface area contributed by atoms with Crippen molar-refractivity contribution >= 4 is 33.5 Å². The van der Waals surface area contributed by atoms with E-state index in [9.17, 15) is 9.59 Å². The first-order valence-corrected chi connectivity index (χ1v) is 8.02. The first-order chi connectivity index (χ1) is 11.1. The summed E-state index contributed by atoms with van der Waals surface area (Å²) >= 11 is 3.30. The number of carbonyl (C=O) groups excluding carboxylic acids is 2. The van der Waals surface area contributed by atoms with Crippen LogP contribution in [-0.2, 0) is 9.53 Å². The van der Waals surface area contributed by atoms with Crippen LogP contribution in [0.4, 0.5) is 5.82 Å². The molecule has 1 aromatic carbocycles. The summed E-state index contributed by atoms with van der Waals surface area (Å²) in [7, 11) is 0. The van der Waals surface area contributed by atoms with Crippen LogP contribution in [0, 0.1) is 0 Å². The molecule has 1 N–H and O–H groups in total. The van der Waals surface area contributed by atoms with Crippen LogP contribution in [0.2, 0.25) is 0 Å². The molecule has 0 aliphatic carbocycles. The zero-order chi connectivity index (χ0) is 16.7. The molecule has 0 amide bonds. The van der Waals surface area contributed by atoms with Gasteiger partial charge in [0.2, 0.25) is 0 Å². The number of benzene rings is 1. The third-order valence-corrected chi connectivity index (χ3v) is 3.57. The summed E-state index contributed by atoms with van der Waals surface area (Å²) < 4.78 is 5.88. The number of rotatable bonds is 7. The lowest BCUT2D eigenvalue weighted by atomic mass is 10.0. The van der Waals surface area contributed by atoms with E-state index in [1.165, 1.54) is 0 Å². The highest BCUT2D eigenvalue weighted by atomic mass is 79.9. The fraction of sp³-hybridized carbons (Fsp3) is 0.235. The molecular weight excluding hydrogens is 360 g/mol. The third-order valence-electron chi connectivity index (χ3n) is 3.11. The van der Waals surface area contributed by atoms with Crippen LogP contribution in [0.15, 0.2) is 53.1 Å². The minimum absolute atomic E-state index is 0.000586. The quantitative estimate of drug-likeness (QED) is 0.591. The van der Waals surface area contributed by atoms with Crippen molar-refractivity contribution in [1.82, 2.24) is 4.98 Å². The maximum atomic E-state index is 12.3. The Morgan fingerprint density at radius 1 is 1.22 bits per heavy atom. The second-order valence-electron chi connectivity index (χ2n) is 4.80. The predicted molar refractivity (Wildman–Crippen MR) is 91.4 cm³/mol. The van der Waals surface area contributed by atoms with Gasteiger partial charge in [-0.25, -0.2) is 9.78 Å². The van der Waals surface area contributed by atoms with Crippen LogP contribution in [0.3, 0.4) is 0 Å². The van der Waals surface area contributed by atoms with Gasteiger partial charge < -0.3 is 10.1 Å². The van der Waals surface area contributed by atoms with E-state index in [2.05, 4.69) is 26.2 Å². The molecule has 2 rings (SSSR count). The number of nitrogens with one attached hydrogen (secondary N) is 1. The molecule has 1 unspecified atom stereocenters. The molecule has 1 aromatic heterocycles. The van der Waals surface area contributed by atoms with E-state index in [-0.39, 0.29) is 18.8 Å². The number of nitrogens with zero attached hydrogens (tertiary/aromatic N) is 1. The van der Waals surface area contributed by atoms with E-state index in [4.69, 9.17) is 4.74 Å². The van der Waals surface area contributed by atoms with Gasteiger partial charge in [0, 0.05) is 22.7 Å². The van der Waals surface area contributed by atoms with Gasteiger partial charge in [-0.1, -0.05) is 30.3 Å². The summed E-state index contributed by atoms with van der Waals surface area (Å²) in [6, 6.07) is 11.6. The minimum Gasteiger partial charge on any atom is -0.464 e. The van der Waals surface area contributed by atoms with Crippen molar-refractivity contribution < 1.29 is 14.3 Å². The summed E-state index contributed by atoms with van der Waals surface area (Å²) in [5.41, 5.74) is 0.562. The summed E-state index contributed by atoms with van der Waals surface area (Å²) in [4.78, 5) is 28.6. The maximum absolute atomic E-state index is 12.3. The first kappa shape index (κ1) is 17.1. The van der Waals surface area contributed by atoms with Gasteiger partial charge in [-0.05, 0) is 35.0 Å². The van der Waals surface area contributed by atoms with Gasteiger partial charge in [0.25, 0.3) is 0 Å². The van der Waals surface area contributed by atoms with Gasteiger partial charge in [0.1, 0.15) is 11.9 Å². The van der Waals surface area contributed by atoms with Crippen molar-refractivity contribution in [3.05, 3.63) is 58.7 Å². The molecule has 5 nitrogen and oxygen atoms in total. The summed E-state index contributed by atoms with van der Waals surface area (Å²) in [6.45, 7) is 1.98. The number of hydrogen-bond acceptors (Lipinski definition) is 5. The lowest BCUT2D eigenvalue weighted by molar-refractivity contribution is -0.144. The molecule has 6 heteroatoms. The van der Waals surface area contributed by atoms with Crippen molar-refractivity contribution in [1.29, 1.82) is 0 Å². The molecule has 0 radical (unpaired) electrons. The Kier molecular flexibility index (Phi) is 6.29. The number of hydrogen-bond donors (Lipinski definition) is 1. The molecule has 0 bridgehead atoms. The molecule has 1 heterocycles. The van der Waals surface area contributed by atoms with E-state index in [0.717, 1.165) is 4.47 Å². The highest BCUT2D eigenvalue weighted by molar-refractivity contribution is 9.10. The van der Waals surface area contributed by atoms with Crippen LogP contribution in [0.5, 0.6) is 0 Å². The Labute approximate surface area is 143 Å². The Bertz CT molecular complexity index is 659. The van der Waals surface area contributed by atoms with Crippen LogP contribution in [-0.4, -0.2) is 29.4 Å². The molecule has 0 saturated heterocycles. The van der Waals surface area contributed by atoms with Crippen molar-refractivity contribution in [3.63, 3.8) is 0 Å². The van der Waals surface area contributed by atoms with E-state index in [1.807, 2.05) is 6.07 Å². The molecule has 120 valence electrons. The van der Waals surface area contributed by atoms with Crippen molar-refractivity contribution in [2.75, 3.05) is 11.9 Å². The molecule has 0 spiro atoms. The highest BCUT2D eigenvalue weighted by Crippen LogP contribution is 2.14. The van der Waals surface area contributed by atoms with E-state index >= 15 is 0 Å². The van der Waals surface area contributed by atoms with Gasteiger partial charge in [-0.15, -0.1) is 0 Å². The smallest absolute Gasteiger partial charge is 0.329 e. The molecule has 0 aliphatic heterocycles. The maximum Gasteiger partial charge on any atom is 0.329 e. The zero-order valence-corrected chi connectivity index (χ0v) is 14.2. The number of halogens is 1. The number of anilines is 1. The van der Waals surface area contributed by atoms with Crippen LogP contribution >= 0.6 is 15.9 Å². The monoisotopic (exact) mass is 376 g/mol. The van der Waals surface area contributed by atoms with Crippen LogP contribution < -0.4 is 5.32 Å². The highest BCUT2D eigenvalue weighted by Gasteiger charge is 2.24. The van der Waals surface area contributed by atoms with E-state index in [1.54, 1.807) is 49.5 Å². The third kappa shape index (κ3) is 5.17. The summed E-state index contributed by atoms with van der Waals surface area (Å²) in [5.74, 6) is -0.0955. The lowest BCUT2D eigenvalue weighted by Gasteiger charge is -2.17. The van der Waals surface area contributed by atoms with Gasteiger partial charge >= 0.3 is 5.97 Å². The zero-order valence-electron chi connectivity index (χ0n) is 12.7. The normalized spacial score (nSPS) is 11.6. The number of carbonyl (C=O) groups is 2. The first-order valence-electron chi connectivity index (χ1n) is 7.23. The van der Waals surface area contributed by atoms with Crippen molar-refractivity contribution in [2.24, 2.45) is 0 Å². The number of aromatic nitrogens is 1. The largest absolute Gasteiger partial charge is 0.464 e. The van der Waals surface area contributed by atoms with Crippen LogP contribution in [0.25, 0.3) is 0 Å². The van der Waals surface area contributed by atoms with E-state index < -0.39 is 12.0 Å². The number of pyridine rings is 1. The molecule has 2 aromatic rings. The van der Waals surface area contributed by atoms with Crippen molar-refractivity contribution in [3.8, 4) is 0 Å². The SMILES string of the molecule is CCOC(=O)C(CC(=O)c1ccccc1)Nc1ccc(Br)cn1.